The molecule has 2 aliphatic carbocycles. The molecule has 1 N–H and O–H groups in total. The van der Waals surface area contributed by atoms with Gasteiger partial charge in [0.2, 0.25) is 11.1 Å². The number of hydrogen-bond donors (Lipinski definition) is 1. The molecule has 136 valence electrons. The Bertz CT molecular complexity index is 870. The molecular weight excluding hydrogens is 368 g/mol. The summed E-state index contributed by atoms with van der Waals surface area (Å²) in [6.07, 6.45) is 2.29. The lowest BCUT2D eigenvalue weighted by molar-refractivity contribution is -0.113. The first-order valence-corrected chi connectivity index (χ1v) is 10.1. The Morgan fingerprint density at radius 1 is 1.27 bits per heavy atom. The molecule has 1 saturated carbocycles. The largest absolute Gasteiger partial charge is 0.325 e. The third-order valence-corrected chi connectivity index (χ3v) is 7.32. The van der Waals surface area contributed by atoms with Gasteiger partial charge in [-0.25, -0.2) is 4.98 Å². The molecule has 5 nitrogen and oxygen atoms in total. The second-order valence-corrected chi connectivity index (χ2v) is 9.20. The zero-order valence-electron chi connectivity index (χ0n) is 15.0. The maximum Gasteiger partial charge on any atom is 0.234 e. The summed E-state index contributed by atoms with van der Waals surface area (Å²) in [7, 11) is 0. The minimum absolute atomic E-state index is 0.0455. The van der Waals surface area contributed by atoms with E-state index in [0.717, 1.165) is 29.9 Å². The number of anilines is 1. The zero-order chi connectivity index (χ0) is 18.5. The second-order valence-electron chi connectivity index (χ2n) is 7.82. The van der Waals surface area contributed by atoms with Crippen molar-refractivity contribution in [2.45, 2.75) is 50.1 Å². The van der Waals surface area contributed by atoms with E-state index in [9.17, 15) is 4.79 Å². The lowest BCUT2D eigenvalue weighted by atomic mass is 9.70. The summed E-state index contributed by atoms with van der Waals surface area (Å²) in [5.74, 6) is 0.580. The van der Waals surface area contributed by atoms with Crippen LogP contribution >= 0.6 is 23.4 Å². The van der Waals surface area contributed by atoms with Crippen molar-refractivity contribution < 1.29 is 4.79 Å². The van der Waals surface area contributed by atoms with Crippen molar-refractivity contribution in [3.8, 4) is 0 Å². The van der Waals surface area contributed by atoms with Crippen molar-refractivity contribution in [3.05, 3.63) is 40.7 Å². The molecule has 0 radical (unpaired) electrons. The number of benzene rings is 1. The second kappa shape index (κ2) is 6.20. The number of aromatic nitrogens is 3. The topological polar surface area (TPSA) is 67.8 Å². The van der Waals surface area contributed by atoms with Gasteiger partial charge in [0.1, 0.15) is 0 Å². The highest BCUT2D eigenvalue weighted by molar-refractivity contribution is 7.99. The van der Waals surface area contributed by atoms with Crippen LogP contribution in [-0.2, 0) is 10.2 Å². The number of hydrogen-bond acceptors (Lipinski definition) is 5. The van der Waals surface area contributed by atoms with Gasteiger partial charge in [0.15, 0.2) is 0 Å². The summed E-state index contributed by atoms with van der Waals surface area (Å²) in [5.41, 5.74) is 3.06. The summed E-state index contributed by atoms with van der Waals surface area (Å²) in [5, 5.41) is 12.8. The number of nitrogens with one attached hydrogen (secondary N) is 1. The number of nitrogens with zero attached hydrogens (tertiary/aromatic N) is 3. The summed E-state index contributed by atoms with van der Waals surface area (Å²) in [6, 6.07) is 7.04. The first-order chi connectivity index (χ1) is 12.3. The molecule has 2 aliphatic rings. The minimum atomic E-state index is -0.102. The molecule has 2 bridgehead atoms. The molecule has 1 heterocycles. The van der Waals surface area contributed by atoms with Gasteiger partial charge in [-0.05, 0) is 42.5 Å². The van der Waals surface area contributed by atoms with Crippen LogP contribution in [0.3, 0.4) is 0 Å². The molecule has 0 unspecified atom stereocenters. The molecule has 1 aromatic carbocycles. The van der Waals surface area contributed by atoms with Gasteiger partial charge in [-0.2, -0.15) is 5.10 Å². The number of fused-ring (bicyclic) bond motifs is 5. The minimum Gasteiger partial charge on any atom is -0.325 e. The van der Waals surface area contributed by atoms with Gasteiger partial charge >= 0.3 is 0 Å². The Morgan fingerprint density at radius 2 is 2.00 bits per heavy atom. The van der Waals surface area contributed by atoms with Gasteiger partial charge in [-0.1, -0.05) is 44.1 Å². The van der Waals surface area contributed by atoms with E-state index in [1.807, 2.05) is 0 Å². The quantitative estimate of drug-likeness (QED) is 0.784. The highest BCUT2D eigenvalue weighted by Crippen LogP contribution is 2.66. The highest BCUT2D eigenvalue weighted by Gasteiger charge is 2.61. The normalized spacial score (nSPS) is 25.2. The monoisotopic (exact) mass is 388 g/mol. The number of carbonyl (C=O) groups excluding carboxylic acids is 1. The zero-order valence-corrected chi connectivity index (χ0v) is 16.6. The Hall–Kier alpha value is -1.66. The highest BCUT2D eigenvalue weighted by atomic mass is 35.5. The smallest absolute Gasteiger partial charge is 0.234 e. The van der Waals surface area contributed by atoms with Gasteiger partial charge < -0.3 is 5.32 Å². The average molecular weight is 389 g/mol. The van der Waals surface area contributed by atoms with Crippen LogP contribution in [0, 0.1) is 5.41 Å². The molecule has 4 rings (SSSR count). The molecule has 0 saturated heterocycles. The van der Waals surface area contributed by atoms with Crippen LogP contribution in [0.2, 0.25) is 5.02 Å². The standard InChI is InChI=1S/C19H21ClN4OS/c1-18(2)13-8-9-19(18,3)16-15(13)23-24-17(22-16)26-10-14(25)21-12-6-4-11(20)5-7-12/h4-7,13H,8-10H2,1-3H3,(H,21,25)/t13-,19-/m1/s1. The van der Waals surface area contributed by atoms with E-state index in [1.54, 1.807) is 24.3 Å². The van der Waals surface area contributed by atoms with Crippen molar-refractivity contribution >= 4 is 35.0 Å². The van der Waals surface area contributed by atoms with Crippen LogP contribution < -0.4 is 5.32 Å². The van der Waals surface area contributed by atoms with Crippen LogP contribution in [-0.4, -0.2) is 26.8 Å². The summed E-state index contributed by atoms with van der Waals surface area (Å²) < 4.78 is 0. The SMILES string of the molecule is CC1(C)[C@@H]2CC[C@]1(C)c1nc(SCC(=O)Nc3ccc(Cl)cc3)nnc12. The van der Waals surface area contributed by atoms with Crippen molar-refractivity contribution in [3.63, 3.8) is 0 Å². The van der Waals surface area contributed by atoms with Gasteiger partial charge in [-0.15, -0.1) is 5.10 Å². The fourth-order valence-corrected chi connectivity index (χ4v) is 5.00. The van der Waals surface area contributed by atoms with Crippen molar-refractivity contribution in [2.75, 3.05) is 11.1 Å². The molecule has 2 aromatic rings. The van der Waals surface area contributed by atoms with Gasteiger partial charge in [0.25, 0.3) is 0 Å². The Morgan fingerprint density at radius 3 is 2.73 bits per heavy atom. The molecule has 1 amide bonds. The lowest BCUT2D eigenvalue weighted by Crippen LogP contribution is -2.32. The maximum atomic E-state index is 12.2. The maximum absolute atomic E-state index is 12.2. The molecular formula is C19H21ClN4OS. The van der Waals surface area contributed by atoms with Gasteiger partial charge in [0.05, 0.1) is 17.1 Å². The first-order valence-electron chi connectivity index (χ1n) is 8.74. The molecule has 2 atom stereocenters. The third kappa shape index (κ3) is 2.70. The summed E-state index contributed by atoms with van der Waals surface area (Å²) >= 11 is 7.17. The predicted molar refractivity (Wildman–Crippen MR) is 104 cm³/mol. The molecule has 0 spiro atoms. The molecule has 0 aliphatic heterocycles. The Balaban J connectivity index is 1.45. The van der Waals surface area contributed by atoms with Gasteiger partial charge in [-0.3, -0.25) is 4.79 Å². The number of carbonyl (C=O) groups is 1. The predicted octanol–water partition coefficient (Wildman–Crippen LogP) is 4.43. The van der Waals surface area contributed by atoms with Gasteiger partial charge in [0, 0.05) is 22.0 Å². The van der Waals surface area contributed by atoms with E-state index in [4.69, 9.17) is 16.6 Å². The number of halogens is 1. The lowest BCUT2D eigenvalue weighted by Gasteiger charge is -2.33. The van der Waals surface area contributed by atoms with E-state index >= 15 is 0 Å². The molecule has 1 fully saturated rings. The summed E-state index contributed by atoms with van der Waals surface area (Å²) in [4.78, 5) is 16.9. The summed E-state index contributed by atoms with van der Waals surface area (Å²) in [6.45, 7) is 6.90. The van der Waals surface area contributed by atoms with Crippen LogP contribution in [0.5, 0.6) is 0 Å². The van der Waals surface area contributed by atoms with E-state index in [1.165, 1.54) is 11.8 Å². The molecule has 1 aromatic heterocycles. The van der Waals surface area contributed by atoms with E-state index < -0.39 is 0 Å². The fourth-order valence-electron chi connectivity index (χ4n) is 4.28. The average Bonchev–Trinajstić information content (AvgIpc) is 2.94. The number of amides is 1. The third-order valence-electron chi connectivity index (χ3n) is 6.23. The van der Waals surface area contributed by atoms with Crippen molar-refractivity contribution in [1.29, 1.82) is 0 Å². The number of rotatable bonds is 4. The molecule has 26 heavy (non-hydrogen) atoms. The van der Waals surface area contributed by atoms with E-state index in [-0.39, 0.29) is 22.5 Å². The first kappa shape index (κ1) is 17.7. The van der Waals surface area contributed by atoms with Crippen molar-refractivity contribution in [1.82, 2.24) is 15.2 Å². The van der Waals surface area contributed by atoms with Crippen LogP contribution in [0.1, 0.15) is 50.9 Å². The van der Waals surface area contributed by atoms with Crippen LogP contribution in [0.25, 0.3) is 0 Å². The van der Waals surface area contributed by atoms with Crippen LogP contribution in [0.4, 0.5) is 5.69 Å². The number of thioether (sulfide) groups is 1. The molecule has 7 heteroatoms. The van der Waals surface area contributed by atoms with E-state index in [0.29, 0.717) is 16.1 Å². The fraction of sp³-hybridized carbons (Fsp3) is 0.474. The Labute approximate surface area is 162 Å². The van der Waals surface area contributed by atoms with E-state index in [2.05, 4.69) is 36.3 Å². The van der Waals surface area contributed by atoms with Crippen molar-refractivity contribution in [2.24, 2.45) is 5.41 Å². The Kier molecular flexibility index (Phi) is 4.23. The van der Waals surface area contributed by atoms with Crippen LogP contribution in [0.15, 0.2) is 29.4 Å².